The van der Waals surface area contributed by atoms with Crippen LogP contribution < -0.4 is 14.2 Å². The molecule has 0 spiro atoms. The maximum absolute atomic E-state index is 12.2. The summed E-state index contributed by atoms with van der Waals surface area (Å²) < 4.78 is 50.9. The number of rotatable bonds is 5. The molecule has 0 aliphatic heterocycles. The Bertz CT molecular complexity index is 761. The smallest absolute Gasteiger partial charge is 0.493 e. The molecule has 0 saturated heterocycles. The van der Waals surface area contributed by atoms with E-state index in [9.17, 15) is 18.0 Å². The minimum atomic E-state index is -4.85. The molecule has 5 nitrogen and oxygen atoms in total. The molecule has 128 valence electrons. The summed E-state index contributed by atoms with van der Waals surface area (Å²) in [6, 6.07) is 7.08. The molecule has 0 heterocycles. The number of aromatic carboxylic acids is 1. The zero-order valence-electron chi connectivity index (χ0n) is 12.1. The topological polar surface area (TPSA) is 65.0 Å². The summed E-state index contributed by atoms with van der Waals surface area (Å²) in [5.41, 5.74) is -0.208. The normalized spacial score (nSPS) is 11.0. The van der Waals surface area contributed by atoms with Crippen LogP contribution >= 0.6 is 11.6 Å². The van der Waals surface area contributed by atoms with Crippen molar-refractivity contribution in [3.8, 4) is 23.0 Å². The second-order valence-electron chi connectivity index (χ2n) is 4.41. The van der Waals surface area contributed by atoms with Gasteiger partial charge in [-0.15, -0.1) is 13.2 Å². The maximum atomic E-state index is 12.2. The first-order valence-corrected chi connectivity index (χ1v) is 6.72. The third-order valence-electron chi connectivity index (χ3n) is 2.76. The Morgan fingerprint density at radius 2 is 1.75 bits per heavy atom. The average molecular weight is 363 g/mol. The van der Waals surface area contributed by atoms with E-state index >= 15 is 0 Å². The molecule has 0 aliphatic rings. The fourth-order valence-electron chi connectivity index (χ4n) is 1.81. The minimum Gasteiger partial charge on any atom is -0.493 e. The highest BCUT2D eigenvalue weighted by Gasteiger charge is 2.31. The van der Waals surface area contributed by atoms with Gasteiger partial charge >= 0.3 is 12.3 Å². The molecule has 0 saturated carbocycles. The number of carboxylic acids is 1. The molecule has 0 aromatic heterocycles. The standard InChI is InChI=1S/C15H10ClF3O5/c1-22-13-7-9(24-15(17,18)19)3-5-12(13)23-11-4-2-8(16)6-10(11)14(20)21/h2-7H,1H3,(H,20,21). The second kappa shape index (κ2) is 6.88. The monoisotopic (exact) mass is 362 g/mol. The average Bonchev–Trinajstić information content (AvgIpc) is 2.48. The Hall–Kier alpha value is -2.61. The first-order valence-electron chi connectivity index (χ1n) is 6.34. The lowest BCUT2D eigenvalue weighted by molar-refractivity contribution is -0.274. The molecule has 0 radical (unpaired) electrons. The molecule has 0 aliphatic carbocycles. The van der Waals surface area contributed by atoms with Crippen molar-refractivity contribution in [1.29, 1.82) is 0 Å². The van der Waals surface area contributed by atoms with Crippen LogP contribution in [0.4, 0.5) is 13.2 Å². The number of carboxylic acid groups (broad SMARTS) is 1. The van der Waals surface area contributed by atoms with Gasteiger partial charge in [0, 0.05) is 11.1 Å². The van der Waals surface area contributed by atoms with Gasteiger partial charge in [0.25, 0.3) is 0 Å². The molecule has 9 heteroatoms. The highest BCUT2D eigenvalue weighted by molar-refractivity contribution is 6.31. The Labute approximate surface area is 139 Å². The van der Waals surface area contributed by atoms with Crippen molar-refractivity contribution in [1.82, 2.24) is 0 Å². The van der Waals surface area contributed by atoms with Gasteiger partial charge in [0.05, 0.1) is 7.11 Å². The number of halogens is 4. The second-order valence-corrected chi connectivity index (χ2v) is 4.84. The molecule has 0 amide bonds. The zero-order valence-corrected chi connectivity index (χ0v) is 12.8. The van der Waals surface area contributed by atoms with Crippen LogP contribution in [0.25, 0.3) is 0 Å². The van der Waals surface area contributed by atoms with Crippen molar-refractivity contribution in [2.24, 2.45) is 0 Å². The van der Waals surface area contributed by atoms with E-state index in [-0.39, 0.29) is 27.8 Å². The lowest BCUT2D eigenvalue weighted by Gasteiger charge is -2.14. The van der Waals surface area contributed by atoms with Crippen LogP contribution in [0.3, 0.4) is 0 Å². The van der Waals surface area contributed by atoms with Gasteiger partial charge in [-0.1, -0.05) is 11.6 Å². The summed E-state index contributed by atoms with van der Waals surface area (Å²) in [7, 11) is 1.22. The largest absolute Gasteiger partial charge is 0.573 e. The van der Waals surface area contributed by atoms with Crippen molar-refractivity contribution in [3.05, 3.63) is 47.0 Å². The highest BCUT2D eigenvalue weighted by Crippen LogP contribution is 2.37. The molecular formula is C15H10ClF3O5. The third kappa shape index (κ3) is 4.45. The fraction of sp³-hybridized carbons (Fsp3) is 0.133. The van der Waals surface area contributed by atoms with Crippen LogP contribution in [-0.4, -0.2) is 24.5 Å². The van der Waals surface area contributed by atoms with Gasteiger partial charge in [-0.05, 0) is 30.3 Å². The zero-order chi connectivity index (χ0) is 17.9. The molecule has 0 atom stereocenters. The van der Waals surface area contributed by atoms with Crippen molar-refractivity contribution in [2.45, 2.75) is 6.36 Å². The van der Waals surface area contributed by atoms with E-state index in [1.165, 1.54) is 31.4 Å². The fourth-order valence-corrected chi connectivity index (χ4v) is 1.98. The van der Waals surface area contributed by atoms with Gasteiger partial charge in [-0.2, -0.15) is 0 Å². The number of hydrogen-bond acceptors (Lipinski definition) is 4. The molecule has 24 heavy (non-hydrogen) atoms. The highest BCUT2D eigenvalue weighted by atomic mass is 35.5. The molecule has 2 aromatic rings. The van der Waals surface area contributed by atoms with E-state index in [4.69, 9.17) is 26.2 Å². The predicted octanol–water partition coefficient (Wildman–Crippen LogP) is 4.74. The van der Waals surface area contributed by atoms with E-state index in [1.54, 1.807) is 0 Å². The molecule has 2 rings (SSSR count). The Kier molecular flexibility index (Phi) is 5.08. The van der Waals surface area contributed by atoms with Crippen LogP contribution in [0.5, 0.6) is 23.0 Å². The Morgan fingerprint density at radius 3 is 2.33 bits per heavy atom. The third-order valence-corrected chi connectivity index (χ3v) is 3.00. The van der Waals surface area contributed by atoms with Crippen molar-refractivity contribution >= 4 is 17.6 Å². The van der Waals surface area contributed by atoms with Crippen molar-refractivity contribution in [3.63, 3.8) is 0 Å². The quantitative estimate of drug-likeness (QED) is 0.832. The summed E-state index contributed by atoms with van der Waals surface area (Å²) >= 11 is 5.74. The van der Waals surface area contributed by atoms with E-state index in [0.29, 0.717) is 0 Å². The van der Waals surface area contributed by atoms with E-state index in [1.807, 2.05) is 0 Å². The van der Waals surface area contributed by atoms with Gasteiger partial charge in [-0.3, -0.25) is 0 Å². The number of ether oxygens (including phenoxy) is 3. The van der Waals surface area contributed by atoms with Gasteiger partial charge in [0.15, 0.2) is 11.5 Å². The summed E-state index contributed by atoms with van der Waals surface area (Å²) in [4.78, 5) is 11.2. The molecule has 0 fully saturated rings. The minimum absolute atomic E-state index is 0.0110. The van der Waals surface area contributed by atoms with Crippen molar-refractivity contribution < 1.29 is 37.3 Å². The van der Waals surface area contributed by atoms with Gasteiger partial charge in [0.1, 0.15) is 17.1 Å². The molecule has 2 aromatic carbocycles. The summed E-state index contributed by atoms with van der Waals surface area (Å²) in [6.45, 7) is 0. The maximum Gasteiger partial charge on any atom is 0.573 e. The van der Waals surface area contributed by atoms with Gasteiger partial charge < -0.3 is 19.3 Å². The number of benzene rings is 2. The number of hydrogen-bond donors (Lipinski definition) is 1. The van der Waals surface area contributed by atoms with Gasteiger partial charge in [0.2, 0.25) is 0 Å². The molecule has 0 unspecified atom stereocenters. The van der Waals surface area contributed by atoms with Gasteiger partial charge in [-0.25, -0.2) is 4.79 Å². The first kappa shape index (κ1) is 17.7. The van der Waals surface area contributed by atoms with Crippen LogP contribution in [-0.2, 0) is 0 Å². The number of methoxy groups -OCH3 is 1. The Morgan fingerprint density at radius 1 is 1.08 bits per heavy atom. The summed E-state index contributed by atoms with van der Waals surface area (Å²) in [5.74, 6) is -1.88. The van der Waals surface area contributed by atoms with Crippen molar-refractivity contribution in [2.75, 3.05) is 7.11 Å². The van der Waals surface area contributed by atoms with Crippen LogP contribution in [0.2, 0.25) is 5.02 Å². The predicted molar refractivity (Wildman–Crippen MR) is 78.2 cm³/mol. The molecule has 1 N–H and O–H groups in total. The molecular weight excluding hydrogens is 353 g/mol. The summed E-state index contributed by atoms with van der Waals surface area (Å²) in [6.07, 6.45) is -4.85. The van der Waals surface area contributed by atoms with Crippen LogP contribution in [0, 0.1) is 0 Å². The SMILES string of the molecule is COc1cc(OC(F)(F)F)ccc1Oc1ccc(Cl)cc1C(=O)O. The Balaban J connectivity index is 2.35. The number of alkyl halides is 3. The number of carbonyl (C=O) groups is 1. The van der Waals surface area contributed by atoms with E-state index < -0.39 is 18.1 Å². The first-order chi connectivity index (χ1) is 11.2. The molecule has 0 bridgehead atoms. The summed E-state index contributed by atoms with van der Waals surface area (Å²) in [5, 5.41) is 9.35. The van der Waals surface area contributed by atoms with Crippen LogP contribution in [0.1, 0.15) is 10.4 Å². The van der Waals surface area contributed by atoms with Crippen LogP contribution in [0.15, 0.2) is 36.4 Å². The van der Waals surface area contributed by atoms with E-state index in [0.717, 1.165) is 12.1 Å². The lowest BCUT2D eigenvalue weighted by Crippen LogP contribution is -2.17. The lowest BCUT2D eigenvalue weighted by atomic mass is 10.2. The van der Waals surface area contributed by atoms with E-state index in [2.05, 4.69) is 4.74 Å².